The summed E-state index contributed by atoms with van der Waals surface area (Å²) in [5.74, 6) is 0.524. The molecular formula is C17H20N2OS. The molecule has 0 radical (unpaired) electrons. The van der Waals surface area contributed by atoms with E-state index in [1.807, 2.05) is 18.2 Å². The third kappa shape index (κ3) is 2.63. The van der Waals surface area contributed by atoms with Crippen LogP contribution in [0.4, 0.5) is 0 Å². The first-order valence-electron chi connectivity index (χ1n) is 7.70. The van der Waals surface area contributed by atoms with E-state index < -0.39 is 0 Å². The summed E-state index contributed by atoms with van der Waals surface area (Å²) in [5, 5.41) is 3.42. The number of ether oxygens (including phenoxy) is 1. The molecule has 1 aromatic heterocycles. The van der Waals surface area contributed by atoms with E-state index in [4.69, 9.17) is 15.5 Å². The lowest BCUT2D eigenvalue weighted by molar-refractivity contribution is 0.100. The number of nitrogens with two attached hydrogens (primary N) is 1. The molecule has 1 aromatic carbocycles. The fourth-order valence-electron chi connectivity index (χ4n) is 3.53. The molecule has 3 heterocycles. The Morgan fingerprint density at radius 2 is 2.14 bits per heavy atom. The molecule has 2 bridgehead atoms. The van der Waals surface area contributed by atoms with Gasteiger partial charge in [-0.2, -0.15) is 0 Å². The van der Waals surface area contributed by atoms with Crippen molar-refractivity contribution in [1.82, 2.24) is 4.98 Å². The van der Waals surface area contributed by atoms with Crippen LogP contribution >= 0.6 is 11.3 Å². The number of thiazole rings is 1. The number of fused-ring (bicyclic) bond motifs is 2. The van der Waals surface area contributed by atoms with Crippen molar-refractivity contribution in [3.05, 3.63) is 52.0 Å². The number of rotatable bonds is 4. The van der Waals surface area contributed by atoms with Crippen LogP contribution in [0.25, 0.3) is 0 Å². The summed E-state index contributed by atoms with van der Waals surface area (Å²) in [6.07, 6.45) is 5.30. The van der Waals surface area contributed by atoms with Crippen LogP contribution in [0.2, 0.25) is 0 Å². The zero-order chi connectivity index (χ0) is 14.2. The largest absolute Gasteiger partial charge is 0.374 e. The lowest BCUT2D eigenvalue weighted by Crippen LogP contribution is -2.15. The number of hydrogen-bond acceptors (Lipinski definition) is 4. The summed E-state index contributed by atoms with van der Waals surface area (Å²) in [4.78, 5) is 4.84. The lowest BCUT2D eigenvalue weighted by Gasteiger charge is -2.15. The van der Waals surface area contributed by atoms with E-state index >= 15 is 0 Å². The molecule has 2 fully saturated rings. The Hall–Kier alpha value is -1.23. The van der Waals surface area contributed by atoms with Gasteiger partial charge in [0.2, 0.25) is 0 Å². The predicted molar refractivity (Wildman–Crippen MR) is 84.4 cm³/mol. The Morgan fingerprint density at radius 1 is 1.29 bits per heavy atom. The van der Waals surface area contributed by atoms with Gasteiger partial charge in [-0.05, 0) is 24.8 Å². The van der Waals surface area contributed by atoms with Crippen molar-refractivity contribution >= 4 is 11.3 Å². The van der Waals surface area contributed by atoms with Gasteiger partial charge >= 0.3 is 0 Å². The normalized spacial score (nSPS) is 28.9. The maximum Gasteiger partial charge on any atom is 0.0986 e. The van der Waals surface area contributed by atoms with Crippen molar-refractivity contribution < 1.29 is 4.74 Å². The summed E-state index contributed by atoms with van der Waals surface area (Å²) in [7, 11) is 0. The van der Waals surface area contributed by atoms with E-state index in [9.17, 15) is 0 Å². The van der Waals surface area contributed by atoms with Crippen LogP contribution in [-0.4, -0.2) is 17.2 Å². The van der Waals surface area contributed by atoms with Crippen LogP contribution in [0.15, 0.2) is 35.7 Å². The van der Waals surface area contributed by atoms with E-state index in [1.165, 1.54) is 23.4 Å². The first kappa shape index (κ1) is 13.4. The van der Waals surface area contributed by atoms with Gasteiger partial charge < -0.3 is 10.5 Å². The van der Waals surface area contributed by atoms with Crippen LogP contribution in [0.1, 0.15) is 47.5 Å². The van der Waals surface area contributed by atoms with Gasteiger partial charge in [-0.1, -0.05) is 30.3 Å². The molecule has 2 N–H and O–H groups in total. The number of nitrogens with zero attached hydrogens (tertiary/aromatic N) is 1. The summed E-state index contributed by atoms with van der Waals surface area (Å²) in [6, 6.07) is 10.3. The minimum atomic E-state index is 0.0254. The zero-order valence-electron chi connectivity index (χ0n) is 11.9. The third-order valence-electron chi connectivity index (χ3n) is 4.65. The first-order chi connectivity index (χ1) is 10.3. The Bertz CT molecular complexity index is 612. The molecule has 110 valence electrons. The summed E-state index contributed by atoms with van der Waals surface area (Å²) in [5.41, 5.74) is 8.59. The van der Waals surface area contributed by atoms with Crippen LogP contribution in [0, 0.1) is 0 Å². The van der Waals surface area contributed by atoms with Crippen LogP contribution in [0.5, 0.6) is 0 Å². The molecular weight excluding hydrogens is 280 g/mol. The average molecular weight is 300 g/mol. The summed E-state index contributed by atoms with van der Waals surface area (Å²) >= 11 is 1.78. The van der Waals surface area contributed by atoms with E-state index in [0.29, 0.717) is 18.1 Å². The van der Waals surface area contributed by atoms with Gasteiger partial charge in [-0.3, -0.25) is 0 Å². The van der Waals surface area contributed by atoms with Gasteiger partial charge in [0, 0.05) is 23.8 Å². The standard InChI is InChI=1S/C17H20N2OS/c18-15(11-4-2-1-3-5-11)8-12-10-21-17(19-12)14-9-13-6-7-16(14)20-13/h1-5,10,13-16H,6-9,18H2. The van der Waals surface area contributed by atoms with Gasteiger partial charge in [-0.15, -0.1) is 11.3 Å². The highest BCUT2D eigenvalue weighted by molar-refractivity contribution is 7.09. The van der Waals surface area contributed by atoms with Gasteiger partial charge in [-0.25, -0.2) is 4.98 Å². The van der Waals surface area contributed by atoms with E-state index in [0.717, 1.165) is 18.5 Å². The highest BCUT2D eigenvalue weighted by Gasteiger charge is 2.42. The van der Waals surface area contributed by atoms with Crippen LogP contribution in [0.3, 0.4) is 0 Å². The van der Waals surface area contributed by atoms with Crippen molar-refractivity contribution in [3.8, 4) is 0 Å². The fraction of sp³-hybridized carbons (Fsp3) is 0.471. The highest BCUT2D eigenvalue weighted by Crippen LogP contribution is 2.45. The first-order valence-corrected chi connectivity index (χ1v) is 8.58. The maximum atomic E-state index is 6.29. The van der Waals surface area contributed by atoms with E-state index in [2.05, 4.69) is 17.5 Å². The molecule has 21 heavy (non-hydrogen) atoms. The summed E-state index contributed by atoms with van der Waals surface area (Å²) < 4.78 is 5.94. The fourth-order valence-corrected chi connectivity index (χ4v) is 4.53. The van der Waals surface area contributed by atoms with Gasteiger partial charge in [0.05, 0.1) is 22.9 Å². The van der Waals surface area contributed by atoms with Crippen molar-refractivity contribution in [2.24, 2.45) is 5.73 Å². The molecule has 2 saturated heterocycles. The summed E-state index contributed by atoms with van der Waals surface area (Å²) in [6.45, 7) is 0. The molecule has 4 atom stereocenters. The number of hydrogen-bond donors (Lipinski definition) is 1. The van der Waals surface area contributed by atoms with Crippen molar-refractivity contribution in [2.75, 3.05) is 0 Å². The molecule has 2 aliphatic heterocycles. The smallest absolute Gasteiger partial charge is 0.0986 e. The minimum absolute atomic E-state index is 0.0254. The Balaban J connectivity index is 1.45. The molecule has 0 saturated carbocycles. The molecule has 3 nitrogen and oxygen atoms in total. The van der Waals surface area contributed by atoms with Crippen LogP contribution < -0.4 is 5.73 Å². The highest BCUT2D eigenvalue weighted by atomic mass is 32.1. The predicted octanol–water partition coefficient (Wildman–Crippen LogP) is 3.42. The second-order valence-electron chi connectivity index (χ2n) is 6.11. The van der Waals surface area contributed by atoms with Crippen LogP contribution in [-0.2, 0) is 11.2 Å². The molecule has 2 aromatic rings. The van der Waals surface area contributed by atoms with Gasteiger partial charge in [0.1, 0.15) is 0 Å². The number of aromatic nitrogens is 1. The molecule has 4 heteroatoms. The Labute approximate surface area is 129 Å². The van der Waals surface area contributed by atoms with Crippen molar-refractivity contribution in [2.45, 2.75) is 49.9 Å². The Morgan fingerprint density at radius 3 is 2.86 bits per heavy atom. The third-order valence-corrected chi connectivity index (χ3v) is 5.67. The molecule has 4 unspecified atom stereocenters. The second-order valence-corrected chi connectivity index (χ2v) is 7.00. The maximum absolute atomic E-state index is 6.29. The van der Waals surface area contributed by atoms with Crippen molar-refractivity contribution in [3.63, 3.8) is 0 Å². The van der Waals surface area contributed by atoms with Gasteiger partial charge in [0.25, 0.3) is 0 Å². The minimum Gasteiger partial charge on any atom is -0.374 e. The molecule has 0 spiro atoms. The van der Waals surface area contributed by atoms with Gasteiger partial charge in [0.15, 0.2) is 0 Å². The zero-order valence-corrected chi connectivity index (χ0v) is 12.8. The van der Waals surface area contributed by atoms with E-state index in [-0.39, 0.29) is 6.04 Å². The average Bonchev–Trinajstić information content (AvgIpc) is 3.24. The Kier molecular flexibility index (Phi) is 3.53. The molecule has 0 aliphatic carbocycles. The number of benzene rings is 1. The topological polar surface area (TPSA) is 48.1 Å². The lowest BCUT2D eigenvalue weighted by atomic mass is 9.90. The quantitative estimate of drug-likeness (QED) is 0.941. The van der Waals surface area contributed by atoms with E-state index in [1.54, 1.807) is 11.3 Å². The molecule has 2 aliphatic rings. The van der Waals surface area contributed by atoms with Crippen molar-refractivity contribution in [1.29, 1.82) is 0 Å². The molecule has 0 amide bonds. The second kappa shape index (κ2) is 5.52. The monoisotopic (exact) mass is 300 g/mol. The SMILES string of the molecule is NC(Cc1csc(C2CC3CCC2O3)n1)c1ccccc1. The molecule has 4 rings (SSSR count).